The highest BCUT2D eigenvalue weighted by atomic mass is 32.2. The Labute approximate surface area is 98.2 Å². The molecule has 0 radical (unpaired) electrons. The molecule has 0 atom stereocenters. The first kappa shape index (κ1) is 12.7. The van der Waals surface area contributed by atoms with E-state index in [0.29, 0.717) is 11.0 Å². The number of nitrogens with one attached hydrogen (secondary N) is 1. The van der Waals surface area contributed by atoms with E-state index in [0.717, 1.165) is 12.8 Å². The maximum atomic E-state index is 11.0. The van der Waals surface area contributed by atoms with Crippen molar-refractivity contribution in [3.63, 3.8) is 0 Å². The average Bonchev–Trinajstić information content (AvgIpc) is 2.29. The summed E-state index contributed by atoms with van der Waals surface area (Å²) in [4.78, 5) is 23.4. The molecular weight excluding hydrogens is 228 g/mol. The molecule has 1 amide bonds. The van der Waals surface area contributed by atoms with Crippen LogP contribution in [0.1, 0.15) is 19.2 Å². The highest BCUT2D eigenvalue weighted by Crippen LogP contribution is 2.12. The molecule has 88 valence electrons. The number of amides is 1. The molecule has 0 bridgehead atoms. The minimum Gasteiger partial charge on any atom is -0.453 e. The Hall–Kier alpha value is -1.37. The summed E-state index contributed by atoms with van der Waals surface area (Å²) in [5.41, 5.74) is 0. The van der Waals surface area contributed by atoms with Gasteiger partial charge in [0.2, 0.25) is 5.95 Å². The van der Waals surface area contributed by atoms with Gasteiger partial charge in [-0.05, 0) is 12.7 Å². The number of carbonyl (C=O) groups excluding carboxylic acids is 1. The fourth-order valence-corrected chi connectivity index (χ4v) is 1.40. The van der Waals surface area contributed by atoms with Crippen molar-refractivity contribution in [2.24, 2.45) is 0 Å². The summed E-state index contributed by atoms with van der Waals surface area (Å²) in [6.45, 7) is 2.04. The van der Waals surface area contributed by atoms with Crippen molar-refractivity contribution in [2.75, 3.05) is 18.7 Å². The molecule has 0 saturated heterocycles. The second kappa shape index (κ2) is 6.26. The van der Waals surface area contributed by atoms with E-state index in [4.69, 9.17) is 0 Å². The molecule has 0 aromatic carbocycles. The van der Waals surface area contributed by atoms with Gasteiger partial charge in [-0.3, -0.25) is 5.32 Å². The third kappa shape index (κ3) is 3.65. The van der Waals surface area contributed by atoms with Gasteiger partial charge in [0.1, 0.15) is 5.82 Å². The third-order valence-corrected chi connectivity index (χ3v) is 2.26. The molecule has 0 aliphatic carbocycles. The van der Waals surface area contributed by atoms with Gasteiger partial charge in [0, 0.05) is 6.42 Å². The van der Waals surface area contributed by atoms with E-state index >= 15 is 0 Å². The van der Waals surface area contributed by atoms with Crippen LogP contribution < -0.4 is 5.32 Å². The molecule has 1 aromatic rings. The van der Waals surface area contributed by atoms with Crippen molar-refractivity contribution in [2.45, 2.75) is 24.9 Å². The number of methoxy groups -OCH3 is 1. The van der Waals surface area contributed by atoms with Crippen molar-refractivity contribution < 1.29 is 9.53 Å². The molecule has 1 rings (SSSR count). The molecule has 0 unspecified atom stereocenters. The van der Waals surface area contributed by atoms with E-state index in [9.17, 15) is 4.79 Å². The molecule has 7 heteroatoms. The molecule has 0 fully saturated rings. The lowest BCUT2D eigenvalue weighted by atomic mass is 10.3. The summed E-state index contributed by atoms with van der Waals surface area (Å²) >= 11 is 1.40. The van der Waals surface area contributed by atoms with Crippen LogP contribution in [0.4, 0.5) is 10.7 Å². The van der Waals surface area contributed by atoms with Crippen LogP contribution in [0.25, 0.3) is 0 Å². The van der Waals surface area contributed by atoms with Crippen LogP contribution in [0.2, 0.25) is 0 Å². The largest absolute Gasteiger partial charge is 0.453 e. The van der Waals surface area contributed by atoms with Gasteiger partial charge < -0.3 is 4.74 Å². The number of carbonyl (C=O) groups is 1. The normalized spacial score (nSPS) is 9.94. The van der Waals surface area contributed by atoms with Crippen LogP contribution in [0, 0.1) is 0 Å². The first-order valence-corrected chi connectivity index (χ1v) is 6.06. The minimum atomic E-state index is -0.583. The predicted octanol–water partition coefficient (Wildman–Crippen LogP) is 1.72. The lowest BCUT2D eigenvalue weighted by Gasteiger charge is -2.05. The third-order valence-electron chi connectivity index (χ3n) is 1.72. The average molecular weight is 242 g/mol. The van der Waals surface area contributed by atoms with Gasteiger partial charge in [-0.15, -0.1) is 0 Å². The molecule has 0 aliphatic heterocycles. The zero-order valence-corrected chi connectivity index (χ0v) is 10.3. The van der Waals surface area contributed by atoms with Gasteiger partial charge in [-0.25, -0.2) is 9.78 Å². The van der Waals surface area contributed by atoms with Crippen molar-refractivity contribution in [3.8, 4) is 0 Å². The number of rotatable bonds is 4. The zero-order valence-electron chi connectivity index (χ0n) is 9.48. The predicted molar refractivity (Wildman–Crippen MR) is 61.6 cm³/mol. The lowest BCUT2D eigenvalue weighted by Crippen LogP contribution is -2.15. The quantitative estimate of drug-likeness (QED) is 0.810. The standard InChI is InChI=1S/C9H14N4O2S/c1-4-5-6-10-7(13-9(14)15-2)12-8(11-6)16-3/h4-5H2,1-3H3,(H,10,11,12,13,14). The topological polar surface area (TPSA) is 77.0 Å². The van der Waals surface area contributed by atoms with E-state index in [-0.39, 0.29) is 5.95 Å². The molecule has 1 aromatic heterocycles. The van der Waals surface area contributed by atoms with Crippen LogP contribution >= 0.6 is 11.8 Å². The monoisotopic (exact) mass is 242 g/mol. The smallest absolute Gasteiger partial charge is 0.413 e. The molecule has 1 N–H and O–H groups in total. The Morgan fingerprint density at radius 1 is 1.44 bits per heavy atom. The summed E-state index contributed by atoms with van der Waals surface area (Å²) in [6, 6.07) is 0. The number of hydrogen-bond donors (Lipinski definition) is 1. The van der Waals surface area contributed by atoms with Crippen LogP contribution in [0.5, 0.6) is 0 Å². The molecule has 1 heterocycles. The van der Waals surface area contributed by atoms with Crippen molar-refractivity contribution in [1.82, 2.24) is 15.0 Å². The summed E-state index contributed by atoms with van der Waals surface area (Å²) in [5, 5.41) is 3.02. The van der Waals surface area contributed by atoms with Crippen LogP contribution in [0.15, 0.2) is 5.16 Å². The van der Waals surface area contributed by atoms with Crippen molar-refractivity contribution in [1.29, 1.82) is 0 Å². The first-order chi connectivity index (χ1) is 7.69. The van der Waals surface area contributed by atoms with Gasteiger partial charge in [-0.2, -0.15) is 9.97 Å². The van der Waals surface area contributed by atoms with Crippen LogP contribution in [-0.2, 0) is 11.2 Å². The number of aromatic nitrogens is 3. The highest BCUT2D eigenvalue weighted by molar-refractivity contribution is 7.98. The SMILES string of the molecule is CCCc1nc(NC(=O)OC)nc(SC)n1. The summed E-state index contributed by atoms with van der Waals surface area (Å²) < 4.78 is 4.47. The molecule has 0 spiro atoms. The second-order valence-corrected chi connectivity index (χ2v) is 3.70. The maximum Gasteiger partial charge on any atom is 0.413 e. The Bertz CT molecular complexity index is 373. The minimum absolute atomic E-state index is 0.231. The van der Waals surface area contributed by atoms with Gasteiger partial charge in [0.25, 0.3) is 0 Å². The van der Waals surface area contributed by atoms with Crippen molar-refractivity contribution >= 4 is 23.8 Å². The van der Waals surface area contributed by atoms with Gasteiger partial charge >= 0.3 is 6.09 Å². The number of hydrogen-bond acceptors (Lipinski definition) is 6. The number of thioether (sulfide) groups is 1. The van der Waals surface area contributed by atoms with E-state index in [1.54, 1.807) is 0 Å². The summed E-state index contributed by atoms with van der Waals surface area (Å²) in [5.74, 6) is 0.905. The lowest BCUT2D eigenvalue weighted by molar-refractivity contribution is 0.186. The zero-order chi connectivity index (χ0) is 12.0. The molecule has 0 saturated carbocycles. The van der Waals surface area contributed by atoms with E-state index in [1.807, 2.05) is 13.2 Å². The summed E-state index contributed by atoms with van der Waals surface area (Å²) in [6.07, 6.45) is 2.98. The highest BCUT2D eigenvalue weighted by Gasteiger charge is 2.08. The van der Waals surface area contributed by atoms with E-state index < -0.39 is 6.09 Å². The number of anilines is 1. The number of aryl methyl sites for hydroxylation is 1. The van der Waals surface area contributed by atoms with Crippen LogP contribution in [0.3, 0.4) is 0 Å². The molecular formula is C9H14N4O2S. The fraction of sp³-hybridized carbons (Fsp3) is 0.556. The van der Waals surface area contributed by atoms with Crippen LogP contribution in [-0.4, -0.2) is 34.4 Å². The van der Waals surface area contributed by atoms with E-state index in [2.05, 4.69) is 25.0 Å². The second-order valence-electron chi connectivity index (χ2n) is 2.93. The Kier molecular flexibility index (Phi) is 4.97. The number of nitrogens with zero attached hydrogens (tertiary/aromatic N) is 3. The van der Waals surface area contributed by atoms with Gasteiger partial charge in [-0.1, -0.05) is 18.7 Å². The van der Waals surface area contributed by atoms with E-state index in [1.165, 1.54) is 18.9 Å². The first-order valence-electron chi connectivity index (χ1n) is 4.83. The Morgan fingerprint density at radius 2 is 2.19 bits per heavy atom. The van der Waals surface area contributed by atoms with Gasteiger partial charge in [0.15, 0.2) is 5.16 Å². The molecule has 0 aliphatic rings. The summed E-state index contributed by atoms with van der Waals surface area (Å²) in [7, 11) is 1.29. The fourth-order valence-electron chi connectivity index (χ4n) is 1.02. The number of ether oxygens (including phenoxy) is 1. The van der Waals surface area contributed by atoms with Crippen molar-refractivity contribution in [3.05, 3.63) is 5.82 Å². The molecule has 6 nitrogen and oxygen atoms in total. The Morgan fingerprint density at radius 3 is 2.75 bits per heavy atom. The maximum absolute atomic E-state index is 11.0. The Balaban J connectivity index is 2.90. The molecule has 16 heavy (non-hydrogen) atoms. The van der Waals surface area contributed by atoms with Gasteiger partial charge in [0.05, 0.1) is 7.11 Å².